The molecule has 0 aliphatic heterocycles. The van der Waals surface area contributed by atoms with Crippen LogP contribution in [0.15, 0.2) is 16.5 Å². The van der Waals surface area contributed by atoms with Gasteiger partial charge in [0.25, 0.3) is 0 Å². The maximum Gasteiger partial charge on any atom is 0.230 e. The van der Waals surface area contributed by atoms with Gasteiger partial charge in [-0.3, -0.25) is 4.79 Å². The van der Waals surface area contributed by atoms with E-state index in [-0.39, 0.29) is 5.91 Å². The highest BCUT2D eigenvalue weighted by atomic mass is 16.3. The van der Waals surface area contributed by atoms with Gasteiger partial charge in [-0.2, -0.15) is 0 Å². The molecule has 1 fully saturated rings. The second kappa shape index (κ2) is 5.57. The van der Waals surface area contributed by atoms with E-state index in [0.29, 0.717) is 18.5 Å². The van der Waals surface area contributed by atoms with E-state index in [0.717, 1.165) is 37.2 Å². The lowest BCUT2D eigenvalue weighted by Gasteiger charge is -2.33. The van der Waals surface area contributed by atoms with Crippen LogP contribution in [0.4, 0.5) is 0 Å². The molecule has 0 unspecified atom stereocenters. The van der Waals surface area contributed by atoms with Crippen LogP contribution < -0.4 is 5.73 Å². The van der Waals surface area contributed by atoms with E-state index in [9.17, 15) is 4.79 Å². The molecule has 4 nitrogen and oxygen atoms in total. The van der Waals surface area contributed by atoms with Gasteiger partial charge in [0.2, 0.25) is 5.91 Å². The maximum absolute atomic E-state index is 12.1. The van der Waals surface area contributed by atoms with Gasteiger partial charge in [-0.25, -0.2) is 0 Å². The molecule has 18 heavy (non-hydrogen) atoms. The first-order valence-electron chi connectivity index (χ1n) is 6.63. The Morgan fingerprint density at radius 3 is 2.61 bits per heavy atom. The van der Waals surface area contributed by atoms with Crippen LogP contribution >= 0.6 is 0 Å². The fraction of sp³-hybridized carbons (Fsp3) is 0.643. The molecule has 1 heterocycles. The molecule has 1 amide bonds. The van der Waals surface area contributed by atoms with Crippen molar-refractivity contribution >= 4 is 5.91 Å². The molecule has 0 saturated heterocycles. The SMILES string of the molecule is Cc1ccc(CC(=O)N(C)C2CCC(N)CC2)o1. The number of hydrogen-bond donors (Lipinski definition) is 1. The summed E-state index contributed by atoms with van der Waals surface area (Å²) in [5.74, 6) is 1.73. The minimum Gasteiger partial charge on any atom is -0.466 e. The van der Waals surface area contributed by atoms with Crippen molar-refractivity contribution in [3.05, 3.63) is 23.7 Å². The number of nitrogens with zero attached hydrogens (tertiary/aromatic N) is 1. The normalized spacial score (nSPS) is 23.9. The Kier molecular flexibility index (Phi) is 4.07. The van der Waals surface area contributed by atoms with Gasteiger partial charge in [0.15, 0.2) is 0 Å². The van der Waals surface area contributed by atoms with Crippen LogP contribution in [0.25, 0.3) is 0 Å². The molecule has 0 spiro atoms. The molecule has 0 radical (unpaired) electrons. The zero-order valence-electron chi connectivity index (χ0n) is 11.2. The predicted molar refractivity (Wildman–Crippen MR) is 70.2 cm³/mol. The average Bonchev–Trinajstić information content (AvgIpc) is 2.75. The Hall–Kier alpha value is -1.29. The Bertz CT molecular complexity index is 406. The Labute approximate surface area is 108 Å². The highest BCUT2D eigenvalue weighted by molar-refractivity contribution is 5.78. The first-order chi connectivity index (χ1) is 8.56. The van der Waals surface area contributed by atoms with Gasteiger partial charge in [0.05, 0.1) is 6.42 Å². The summed E-state index contributed by atoms with van der Waals surface area (Å²) in [6.07, 6.45) is 4.42. The van der Waals surface area contributed by atoms with Gasteiger partial charge in [-0.15, -0.1) is 0 Å². The van der Waals surface area contributed by atoms with E-state index in [4.69, 9.17) is 10.2 Å². The molecule has 2 N–H and O–H groups in total. The number of hydrogen-bond acceptors (Lipinski definition) is 3. The van der Waals surface area contributed by atoms with Crippen molar-refractivity contribution in [1.82, 2.24) is 4.90 Å². The van der Waals surface area contributed by atoms with Crippen molar-refractivity contribution in [3.63, 3.8) is 0 Å². The van der Waals surface area contributed by atoms with Gasteiger partial charge in [0, 0.05) is 19.1 Å². The molecular weight excluding hydrogens is 228 g/mol. The molecule has 100 valence electrons. The number of aryl methyl sites for hydroxylation is 1. The Morgan fingerprint density at radius 1 is 1.39 bits per heavy atom. The standard InChI is InChI=1S/C14H22N2O2/c1-10-3-8-13(18-10)9-14(17)16(2)12-6-4-11(15)5-7-12/h3,8,11-12H,4-7,9,15H2,1-2H3. The zero-order chi connectivity index (χ0) is 13.1. The first-order valence-corrected chi connectivity index (χ1v) is 6.63. The van der Waals surface area contributed by atoms with Crippen molar-refractivity contribution in [2.24, 2.45) is 5.73 Å². The smallest absolute Gasteiger partial charge is 0.230 e. The van der Waals surface area contributed by atoms with E-state index < -0.39 is 0 Å². The van der Waals surface area contributed by atoms with Crippen LogP contribution in [0.1, 0.15) is 37.2 Å². The third kappa shape index (κ3) is 3.13. The van der Waals surface area contributed by atoms with Crippen LogP contribution in [-0.2, 0) is 11.2 Å². The minimum atomic E-state index is 0.129. The van der Waals surface area contributed by atoms with Crippen LogP contribution in [0.3, 0.4) is 0 Å². The second-order valence-corrected chi connectivity index (χ2v) is 5.26. The monoisotopic (exact) mass is 250 g/mol. The number of likely N-dealkylation sites (N-methyl/N-ethyl adjacent to an activating group) is 1. The average molecular weight is 250 g/mol. The Morgan fingerprint density at radius 2 is 2.06 bits per heavy atom. The third-order valence-electron chi connectivity index (χ3n) is 3.80. The number of rotatable bonds is 3. The van der Waals surface area contributed by atoms with Crippen molar-refractivity contribution in [2.75, 3.05) is 7.05 Å². The van der Waals surface area contributed by atoms with Crippen LogP contribution in [0.5, 0.6) is 0 Å². The van der Waals surface area contributed by atoms with Crippen molar-refractivity contribution in [3.8, 4) is 0 Å². The fourth-order valence-corrected chi connectivity index (χ4v) is 2.55. The molecule has 1 aromatic rings. The molecule has 0 atom stereocenters. The molecule has 0 aromatic carbocycles. The summed E-state index contributed by atoms with van der Waals surface area (Å²) < 4.78 is 5.44. The third-order valence-corrected chi connectivity index (χ3v) is 3.80. The highest BCUT2D eigenvalue weighted by Gasteiger charge is 2.25. The van der Waals surface area contributed by atoms with E-state index in [1.54, 1.807) is 0 Å². The lowest BCUT2D eigenvalue weighted by Crippen LogP contribution is -2.42. The lowest BCUT2D eigenvalue weighted by atomic mass is 9.91. The summed E-state index contributed by atoms with van der Waals surface area (Å²) in [6, 6.07) is 4.42. The van der Waals surface area contributed by atoms with E-state index in [2.05, 4.69) is 0 Å². The molecule has 4 heteroatoms. The van der Waals surface area contributed by atoms with Gasteiger partial charge in [0.1, 0.15) is 11.5 Å². The maximum atomic E-state index is 12.1. The molecular formula is C14H22N2O2. The summed E-state index contributed by atoms with van der Waals surface area (Å²) in [7, 11) is 1.89. The fourth-order valence-electron chi connectivity index (χ4n) is 2.55. The summed E-state index contributed by atoms with van der Waals surface area (Å²) in [4.78, 5) is 14.0. The van der Waals surface area contributed by atoms with Crippen LogP contribution in [0.2, 0.25) is 0 Å². The first kappa shape index (κ1) is 13.1. The Balaban J connectivity index is 1.88. The molecule has 1 aliphatic rings. The topological polar surface area (TPSA) is 59.5 Å². The zero-order valence-corrected chi connectivity index (χ0v) is 11.2. The van der Waals surface area contributed by atoms with Gasteiger partial charge in [-0.05, 0) is 44.7 Å². The minimum absolute atomic E-state index is 0.129. The number of carbonyl (C=O) groups excluding carboxylic acids is 1. The van der Waals surface area contributed by atoms with E-state index in [1.807, 2.05) is 31.0 Å². The number of nitrogens with two attached hydrogens (primary N) is 1. The van der Waals surface area contributed by atoms with Crippen molar-refractivity contribution < 1.29 is 9.21 Å². The van der Waals surface area contributed by atoms with E-state index in [1.165, 1.54) is 0 Å². The molecule has 1 saturated carbocycles. The number of amides is 1. The molecule has 1 aliphatic carbocycles. The van der Waals surface area contributed by atoms with E-state index >= 15 is 0 Å². The lowest BCUT2D eigenvalue weighted by molar-refractivity contribution is -0.132. The second-order valence-electron chi connectivity index (χ2n) is 5.26. The van der Waals surface area contributed by atoms with Crippen LogP contribution in [-0.4, -0.2) is 29.9 Å². The van der Waals surface area contributed by atoms with Crippen LogP contribution in [0, 0.1) is 6.92 Å². The molecule has 1 aromatic heterocycles. The van der Waals surface area contributed by atoms with Crippen molar-refractivity contribution in [2.45, 2.75) is 51.1 Å². The van der Waals surface area contributed by atoms with Gasteiger partial charge >= 0.3 is 0 Å². The number of carbonyl (C=O) groups is 1. The summed E-state index contributed by atoms with van der Waals surface area (Å²) in [6.45, 7) is 1.89. The largest absolute Gasteiger partial charge is 0.466 e. The molecule has 0 bridgehead atoms. The summed E-state index contributed by atoms with van der Waals surface area (Å²) >= 11 is 0. The predicted octanol–water partition coefficient (Wildman–Crippen LogP) is 1.86. The number of furan rings is 1. The molecule has 2 rings (SSSR count). The summed E-state index contributed by atoms with van der Waals surface area (Å²) in [5, 5.41) is 0. The van der Waals surface area contributed by atoms with Crippen molar-refractivity contribution in [1.29, 1.82) is 0 Å². The van der Waals surface area contributed by atoms with Gasteiger partial charge < -0.3 is 15.1 Å². The highest BCUT2D eigenvalue weighted by Crippen LogP contribution is 2.22. The quantitative estimate of drug-likeness (QED) is 0.890. The van der Waals surface area contributed by atoms with Gasteiger partial charge in [-0.1, -0.05) is 0 Å². The summed E-state index contributed by atoms with van der Waals surface area (Å²) in [5.41, 5.74) is 5.88.